The number of nitrogens with zero attached hydrogens (tertiary/aromatic N) is 1. The van der Waals surface area contributed by atoms with Gasteiger partial charge in [0.2, 0.25) is 0 Å². The zero-order valence-electron chi connectivity index (χ0n) is 21.3. The van der Waals surface area contributed by atoms with E-state index < -0.39 is 35.3 Å². The quantitative estimate of drug-likeness (QED) is 0.437. The van der Waals surface area contributed by atoms with Gasteiger partial charge in [0, 0.05) is 11.6 Å². The van der Waals surface area contributed by atoms with Crippen LogP contribution in [0, 0.1) is 0 Å². The molecule has 2 N–H and O–H groups in total. The van der Waals surface area contributed by atoms with Crippen molar-refractivity contribution in [1.29, 1.82) is 0 Å². The molecule has 0 spiro atoms. The molecule has 2 aromatic carbocycles. The lowest BCUT2D eigenvalue weighted by molar-refractivity contribution is -0.156. The van der Waals surface area contributed by atoms with Crippen LogP contribution in [0.3, 0.4) is 0 Å². The Balaban J connectivity index is 2.01. The predicted molar refractivity (Wildman–Crippen MR) is 138 cm³/mol. The average molecular weight is 478 g/mol. The molecule has 1 unspecified atom stereocenters. The highest BCUT2D eigenvalue weighted by Crippen LogP contribution is 2.24. The number of pyridine rings is 1. The summed E-state index contributed by atoms with van der Waals surface area (Å²) in [5.41, 5.74) is 0.953. The first-order chi connectivity index (χ1) is 16.4. The molecule has 0 bridgehead atoms. The third kappa shape index (κ3) is 7.98. The van der Waals surface area contributed by atoms with E-state index in [0.717, 1.165) is 16.5 Å². The lowest BCUT2D eigenvalue weighted by Crippen LogP contribution is -2.54. The van der Waals surface area contributed by atoms with Crippen molar-refractivity contribution in [2.45, 2.75) is 71.2 Å². The Morgan fingerprint density at radius 2 is 1.51 bits per heavy atom. The topological polar surface area (TPSA) is 89.5 Å². The number of hydrogen-bond acceptors (Lipinski definition) is 6. The molecule has 3 aromatic rings. The molecular formula is C28H35N3O4. The summed E-state index contributed by atoms with van der Waals surface area (Å²) in [5.74, 6) is -0.484. The van der Waals surface area contributed by atoms with Crippen LogP contribution in [0.1, 0.15) is 47.1 Å². The molecule has 0 radical (unpaired) electrons. The lowest BCUT2D eigenvalue weighted by atomic mass is 9.98. The van der Waals surface area contributed by atoms with Gasteiger partial charge in [-0.1, -0.05) is 48.5 Å². The number of ether oxygens (including phenoxy) is 2. The van der Waals surface area contributed by atoms with E-state index >= 15 is 0 Å². The molecule has 1 amide bonds. The third-order valence-corrected chi connectivity index (χ3v) is 5.01. The first-order valence-corrected chi connectivity index (χ1v) is 11.8. The zero-order valence-corrected chi connectivity index (χ0v) is 21.3. The first-order valence-electron chi connectivity index (χ1n) is 11.8. The van der Waals surface area contributed by atoms with Crippen LogP contribution in [0.2, 0.25) is 0 Å². The average Bonchev–Trinajstić information content (AvgIpc) is 2.75. The molecule has 3 rings (SSSR count). The van der Waals surface area contributed by atoms with Gasteiger partial charge in [-0.2, -0.15) is 0 Å². The highest BCUT2D eigenvalue weighted by Gasteiger charge is 2.35. The molecule has 0 saturated heterocycles. The van der Waals surface area contributed by atoms with E-state index in [-0.39, 0.29) is 0 Å². The van der Waals surface area contributed by atoms with E-state index in [1.165, 1.54) is 0 Å². The standard InChI is InChI=1S/C28H35N3O4/c1-27(2,3)34-25(32)24(30-21-16-10-14-20-15-11-17-29-23(20)21)22(18-19-12-8-7-9-13-19)31-26(33)35-28(4,5)6/h7-17,22,24,30H,18H2,1-6H3,(H,31,33)/t22?,24-/m1/s1. The van der Waals surface area contributed by atoms with E-state index in [1.807, 2.05) is 81.4 Å². The second kappa shape index (κ2) is 10.8. The van der Waals surface area contributed by atoms with Crippen LogP contribution in [-0.2, 0) is 20.7 Å². The highest BCUT2D eigenvalue weighted by molar-refractivity contribution is 5.92. The SMILES string of the molecule is CC(C)(C)OC(=O)NC(Cc1ccccc1)[C@@H](Nc1cccc2cccnc12)C(=O)OC(C)(C)C. The molecule has 1 aromatic heterocycles. The minimum absolute atomic E-state index is 0.384. The summed E-state index contributed by atoms with van der Waals surface area (Å²) < 4.78 is 11.3. The zero-order chi connectivity index (χ0) is 25.6. The second-order valence-electron chi connectivity index (χ2n) is 10.5. The Labute approximate surface area is 207 Å². The van der Waals surface area contributed by atoms with Crippen LogP contribution < -0.4 is 10.6 Å². The minimum atomic E-state index is -0.908. The number of esters is 1. The number of alkyl carbamates (subject to hydrolysis) is 1. The van der Waals surface area contributed by atoms with Gasteiger partial charge in [0.05, 0.1) is 17.2 Å². The fraction of sp³-hybridized carbons (Fsp3) is 0.393. The summed E-state index contributed by atoms with van der Waals surface area (Å²) in [4.78, 5) is 30.8. The number of anilines is 1. The molecular weight excluding hydrogens is 442 g/mol. The number of aromatic nitrogens is 1. The molecule has 2 atom stereocenters. The number of amides is 1. The van der Waals surface area contributed by atoms with Gasteiger partial charge in [-0.3, -0.25) is 4.98 Å². The van der Waals surface area contributed by atoms with E-state index in [2.05, 4.69) is 15.6 Å². The smallest absolute Gasteiger partial charge is 0.407 e. The van der Waals surface area contributed by atoms with Crippen molar-refractivity contribution in [3.8, 4) is 0 Å². The monoisotopic (exact) mass is 477 g/mol. The number of carbonyl (C=O) groups is 2. The van der Waals surface area contributed by atoms with Crippen LogP contribution in [0.4, 0.5) is 10.5 Å². The fourth-order valence-electron chi connectivity index (χ4n) is 3.66. The Hall–Kier alpha value is -3.61. The Kier molecular flexibility index (Phi) is 7.99. The van der Waals surface area contributed by atoms with Gasteiger partial charge in [0.1, 0.15) is 17.2 Å². The van der Waals surface area contributed by atoms with Crippen molar-refractivity contribution < 1.29 is 19.1 Å². The van der Waals surface area contributed by atoms with E-state index in [0.29, 0.717) is 12.1 Å². The molecule has 7 nitrogen and oxygen atoms in total. The van der Waals surface area contributed by atoms with Gasteiger partial charge in [0.25, 0.3) is 0 Å². The number of nitrogens with one attached hydrogen (secondary N) is 2. The van der Waals surface area contributed by atoms with E-state index in [9.17, 15) is 9.59 Å². The number of para-hydroxylation sites is 1. The summed E-state index contributed by atoms with van der Waals surface area (Å²) >= 11 is 0. The van der Waals surface area contributed by atoms with Crippen molar-refractivity contribution >= 4 is 28.7 Å². The Morgan fingerprint density at radius 1 is 0.857 bits per heavy atom. The van der Waals surface area contributed by atoms with E-state index in [4.69, 9.17) is 9.47 Å². The first kappa shape index (κ1) is 26.0. The van der Waals surface area contributed by atoms with Crippen molar-refractivity contribution in [3.63, 3.8) is 0 Å². The van der Waals surface area contributed by atoms with Crippen LogP contribution >= 0.6 is 0 Å². The number of rotatable bonds is 7. The van der Waals surface area contributed by atoms with Crippen molar-refractivity contribution in [3.05, 3.63) is 72.4 Å². The summed E-state index contributed by atoms with van der Waals surface area (Å²) in [6.45, 7) is 10.8. The second-order valence-corrected chi connectivity index (χ2v) is 10.5. The number of hydrogen-bond donors (Lipinski definition) is 2. The molecule has 186 valence electrons. The van der Waals surface area contributed by atoms with Gasteiger partial charge in [-0.15, -0.1) is 0 Å². The van der Waals surface area contributed by atoms with Crippen LogP contribution in [0.15, 0.2) is 66.9 Å². The number of fused-ring (bicyclic) bond motifs is 1. The van der Waals surface area contributed by atoms with Gasteiger partial charge >= 0.3 is 12.1 Å². The summed E-state index contributed by atoms with van der Waals surface area (Å²) in [7, 11) is 0. The van der Waals surface area contributed by atoms with Crippen LogP contribution in [0.25, 0.3) is 10.9 Å². The largest absolute Gasteiger partial charge is 0.458 e. The molecule has 0 saturated carbocycles. The van der Waals surface area contributed by atoms with Crippen molar-refractivity contribution in [2.24, 2.45) is 0 Å². The maximum absolute atomic E-state index is 13.5. The predicted octanol–water partition coefficient (Wildman–Crippen LogP) is 5.49. The minimum Gasteiger partial charge on any atom is -0.458 e. The normalized spacial score (nSPS) is 13.5. The van der Waals surface area contributed by atoms with Gasteiger partial charge in [0.15, 0.2) is 0 Å². The number of carbonyl (C=O) groups excluding carboxylic acids is 2. The Bertz CT molecular complexity index is 1140. The molecule has 0 aliphatic carbocycles. The summed E-state index contributed by atoms with van der Waals surface area (Å²) in [6.07, 6.45) is 1.48. The summed E-state index contributed by atoms with van der Waals surface area (Å²) in [6, 6.07) is 17.6. The molecule has 0 aliphatic heterocycles. The highest BCUT2D eigenvalue weighted by atomic mass is 16.6. The van der Waals surface area contributed by atoms with Gasteiger partial charge in [-0.05, 0) is 65.7 Å². The van der Waals surface area contributed by atoms with Crippen molar-refractivity contribution in [1.82, 2.24) is 10.3 Å². The van der Waals surface area contributed by atoms with Crippen LogP contribution in [0.5, 0.6) is 0 Å². The van der Waals surface area contributed by atoms with Gasteiger partial charge in [-0.25, -0.2) is 9.59 Å². The van der Waals surface area contributed by atoms with Gasteiger partial charge < -0.3 is 20.1 Å². The van der Waals surface area contributed by atoms with Crippen LogP contribution in [-0.4, -0.2) is 40.3 Å². The van der Waals surface area contributed by atoms with Crippen molar-refractivity contribution in [2.75, 3.05) is 5.32 Å². The van der Waals surface area contributed by atoms with E-state index in [1.54, 1.807) is 27.0 Å². The molecule has 0 fully saturated rings. The third-order valence-electron chi connectivity index (χ3n) is 5.01. The maximum Gasteiger partial charge on any atom is 0.407 e. The maximum atomic E-state index is 13.5. The molecule has 7 heteroatoms. The lowest BCUT2D eigenvalue weighted by Gasteiger charge is -2.32. The number of benzene rings is 2. The molecule has 1 heterocycles. The Morgan fingerprint density at radius 3 is 2.17 bits per heavy atom. The summed E-state index contributed by atoms with van der Waals surface area (Å²) in [5, 5.41) is 7.17. The fourth-order valence-corrected chi connectivity index (χ4v) is 3.66. The molecule has 35 heavy (non-hydrogen) atoms. The molecule has 0 aliphatic rings.